The molecule has 2 aromatic rings. The van der Waals surface area contributed by atoms with Crippen LogP contribution < -0.4 is 5.32 Å². The van der Waals surface area contributed by atoms with Gasteiger partial charge in [-0.05, 0) is 6.07 Å². The number of nitrogens with one attached hydrogen (secondary N) is 2. The van der Waals surface area contributed by atoms with Crippen LogP contribution in [0, 0.1) is 0 Å². The molecule has 1 amide bonds. The number of rotatable bonds is 4. The molecule has 0 aliphatic heterocycles. The molecular weight excluding hydrogens is 244 g/mol. The van der Waals surface area contributed by atoms with Crippen molar-refractivity contribution in [1.82, 2.24) is 10.3 Å². The van der Waals surface area contributed by atoms with Crippen LogP contribution in [0.3, 0.4) is 0 Å². The fourth-order valence-corrected chi connectivity index (χ4v) is 1.88. The average molecular weight is 258 g/mol. The largest absolute Gasteiger partial charge is 0.477 e. The smallest absolute Gasteiger partial charge is 0.352 e. The van der Waals surface area contributed by atoms with Crippen molar-refractivity contribution in [3.63, 3.8) is 0 Å². The topological polar surface area (TPSA) is 82.2 Å². The summed E-state index contributed by atoms with van der Waals surface area (Å²) >= 11 is 0. The molecule has 0 aliphatic rings. The van der Waals surface area contributed by atoms with E-state index < -0.39 is 5.97 Å². The van der Waals surface area contributed by atoms with Crippen molar-refractivity contribution >= 4 is 28.9 Å². The molecule has 0 saturated carbocycles. The number of carboxylic acids is 1. The van der Waals surface area contributed by atoms with Crippen LogP contribution in [0.2, 0.25) is 0 Å². The van der Waals surface area contributed by atoms with E-state index in [9.17, 15) is 14.7 Å². The lowest BCUT2D eigenvalue weighted by atomic mass is 10.1. The van der Waals surface area contributed by atoms with Crippen LogP contribution in [0.4, 0.5) is 0 Å². The Morgan fingerprint density at radius 2 is 2.11 bits per heavy atom. The van der Waals surface area contributed by atoms with Gasteiger partial charge >= 0.3 is 5.97 Å². The Bertz CT molecular complexity index is 656. The Balaban J connectivity index is 2.36. The van der Waals surface area contributed by atoms with Crippen molar-refractivity contribution in [2.45, 2.75) is 6.92 Å². The van der Waals surface area contributed by atoms with Crippen LogP contribution in [-0.2, 0) is 4.79 Å². The van der Waals surface area contributed by atoms with E-state index in [0.717, 1.165) is 10.9 Å². The number of amides is 1. The third-order valence-electron chi connectivity index (χ3n) is 2.71. The van der Waals surface area contributed by atoms with Crippen LogP contribution in [0.25, 0.3) is 17.0 Å². The highest BCUT2D eigenvalue weighted by Crippen LogP contribution is 2.23. The van der Waals surface area contributed by atoms with E-state index in [1.807, 2.05) is 24.3 Å². The fraction of sp³-hybridized carbons (Fsp3) is 0.143. The standard InChI is InChI=1S/C14H14N2O3/c1-9(17)15-8-4-6-11-10-5-2-3-7-12(10)16-13(11)14(18)19/h2-7,16H,8H2,1H3,(H,15,17)(H,18,19). The molecule has 0 saturated heterocycles. The predicted molar refractivity (Wildman–Crippen MR) is 73.0 cm³/mol. The molecule has 0 radical (unpaired) electrons. The number of aromatic amines is 1. The predicted octanol–water partition coefficient (Wildman–Crippen LogP) is 2.02. The van der Waals surface area contributed by atoms with Crippen LogP contribution in [0.1, 0.15) is 23.0 Å². The molecule has 1 aromatic carbocycles. The van der Waals surface area contributed by atoms with Crippen molar-refractivity contribution < 1.29 is 14.7 Å². The van der Waals surface area contributed by atoms with Gasteiger partial charge in [-0.3, -0.25) is 4.79 Å². The number of H-pyrrole nitrogens is 1. The number of aromatic carboxylic acids is 1. The molecule has 0 atom stereocenters. The van der Waals surface area contributed by atoms with Gasteiger partial charge in [0.15, 0.2) is 0 Å². The SMILES string of the molecule is CC(=O)NCC=Cc1c(C(=O)O)[nH]c2ccccc12. The molecule has 5 nitrogen and oxygen atoms in total. The molecule has 5 heteroatoms. The summed E-state index contributed by atoms with van der Waals surface area (Å²) in [7, 11) is 0. The molecule has 3 N–H and O–H groups in total. The second kappa shape index (κ2) is 5.39. The van der Waals surface area contributed by atoms with Crippen LogP contribution in [-0.4, -0.2) is 28.5 Å². The average Bonchev–Trinajstić information content (AvgIpc) is 2.73. The Morgan fingerprint density at radius 3 is 2.79 bits per heavy atom. The minimum Gasteiger partial charge on any atom is -0.477 e. The summed E-state index contributed by atoms with van der Waals surface area (Å²) < 4.78 is 0. The maximum atomic E-state index is 11.2. The monoisotopic (exact) mass is 258 g/mol. The molecule has 19 heavy (non-hydrogen) atoms. The second-order valence-electron chi connectivity index (χ2n) is 4.10. The number of fused-ring (bicyclic) bond motifs is 1. The van der Waals surface area contributed by atoms with E-state index in [1.165, 1.54) is 6.92 Å². The molecule has 0 unspecified atom stereocenters. The highest BCUT2D eigenvalue weighted by atomic mass is 16.4. The van der Waals surface area contributed by atoms with E-state index in [1.54, 1.807) is 12.2 Å². The van der Waals surface area contributed by atoms with E-state index in [2.05, 4.69) is 10.3 Å². The minimum atomic E-state index is -1.00. The third kappa shape index (κ3) is 2.82. The van der Waals surface area contributed by atoms with E-state index in [-0.39, 0.29) is 11.6 Å². The van der Waals surface area contributed by atoms with E-state index in [0.29, 0.717) is 12.1 Å². The molecule has 0 spiro atoms. The lowest BCUT2D eigenvalue weighted by molar-refractivity contribution is -0.118. The highest BCUT2D eigenvalue weighted by Gasteiger charge is 2.14. The molecule has 1 aromatic heterocycles. The maximum Gasteiger partial charge on any atom is 0.352 e. The van der Waals surface area contributed by atoms with Crippen LogP contribution in [0.5, 0.6) is 0 Å². The van der Waals surface area contributed by atoms with Gasteiger partial charge in [0.25, 0.3) is 0 Å². The van der Waals surface area contributed by atoms with Gasteiger partial charge in [-0.2, -0.15) is 0 Å². The Hall–Kier alpha value is -2.56. The first-order valence-corrected chi connectivity index (χ1v) is 5.84. The molecule has 98 valence electrons. The van der Waals surface area contributed by atoms with Gasteiger partial charge in [0.1, 0.15) is 5.69 Å². The maximum absolute atomic E-state index is 11.2. The number of carboxylic acid groups (broad SMARTS) is 1. The van der Waals surface area contributed by atoms with E-state index in [4.69, 9.17) is 0 Å². The zero-order chi connectivity index (χ0) is 13.8. The van der Waals surface area contributed by atoms with Crippen molar-refractivity contribution in [3.05, 3.63) is 41.6 Å². The molecule has 0 fully saturated rings. The zero-order valence-corrected chi connectivity index (χ0v) is 10.4. The Labute approximate surface area is 109 Å². The number of hydrogen-bond donors (Lipinski definition) is 3. The van der Waals surface area contributed by atoms with Crippen molar-refractivity contribution in [1.29, 1.82) is 0 Å². The van der Waals surface area contributed by atoms with Gasteiger partial charge in [0.05, 0.1) is 0 Å². The quantitative estimate of drug-likeness (QED) is 0.784. The summed E-state index contributed by atoms with van der Waals surface area (Å²) in [4.78, 5) is 24.8. The van der Waals surface area contributed by atoms with Gasteiger partial charge in [0, 0.05) is 29.9 Å². The van der Waals surface area contributed by atoms with Gasteiger partial charge < -0.3 is 15.4 Å². The fourth-order valence-electron chi connectivity index (χ4n) is 1.88. The molecule has 0 bridgehead atoms. The van der Waals surface area contributed by atoms with Crippen LogP contribution in [0.15, 0.2) is 30.3 Å². The number of carbonyl (C=O) groups excluding carboxylic acids is 1. The number of para-hydroxylation sites is 1. The van der Waals surface area contributed by atoms with Gasteiger partial charge in [-0.15, -0.1) is 0 Å². The first-order valence-electron chi connectivity index (χ1n) is 5.84. The summed E-state index contributed by atoms with van der Waals surface area (Å²) in [5.41, 5.74) is 1.55. The number of benzene rings is 1. The number of hydrogen-bond acceptors (Lipinski definition) is 2. The number of aromatic nitrogens is 1. The van der Waals surface area contributed by atoms with Gasteiger partial charge in [-0.1, -0.05) is 30.4 Å². The van der Waals surface area contributed by atoms with Crippen molar-refractivity contribution in [2.24, 2.45) is 0 Å². The first-order chi connectivity index (χ1) is 9.09. The van der Waals surface area contributed by atoms with Crippen LogP contribution >= 0.6 is 0 Å². The summed E-state index contributed by atoms with van der Waals surface area (Å²) in [5.74, 6) is -1.13. The lowest BCUT2D eigenvalue weighted by Gasteiger charge is -1.96. The normalized spacial score (nSPS) is 11.0. The molecule has 2 rings (SSSR count). The van der Waals surface area contributed by atoms with Crippen molar-refractivity contribution in [3.8, 4) is 0 Å². The molecular formula is C14H14N2O3. The Kier molecular flexibility index (Phi) is 3.66. The summed E-state index contributed by atoms with van der Waals surface area (Å²) in [6.45, 7) is 1.80. The minimum absolute atomic E-state index is 0.123. The highest BCUT2D eigenvalue weighted by molar-refractivity contribution is 6.01. The lowest BCUT2D eigenvalue weighted by Crippen LogP contribution is -2.19. The zero-order valence-electron chi connectivity index (χ0n) is 10.4. The molecule has 1 heterocycles. The summed E-state index contributed by atoms with van der Waals surface area (Å²) in [5, 5.41) is 12.6. The number of carbonyl (C=O) groups is 2. The third-order valence-corrected chi connectivity index (χ3v) is 2.71. The van der Waals surface area contributed by atoms with Crippen molar-refractivity contribution in [2.75, 3.05) is 6.54 Å². The summed E-state index contributed by atoms with van der Waals surface area (Å²) in [6, 6.07) is 7.38. The van der Waals surface area contributed by atoms with E-state index >= 15 is 0 Å². The van der Waals surface area contributed by atoms with Gasteiger partial charge in [-0.25, -0.2) is 4.79 Å². The summed E-state index contributed by atoms with van der Waals surface area (Å²) in [6.07, 6.45) is 3.43. The van der Waals surface area contributed by atoms with Gasteiger partial charge in [0.2, 0.25) is 5.91 Å². The first kappa shape index (κ1) is 12.9. The Morgan fingerprint density at radius 1 is 1.37 bits per heavy atom. The second-order valence-corrected chi connectivity index (χ2v) is 4.10. The molecule has 0 aliphatic carbocycles.